The summed E-state index contributed by atoms with van der Waals surface area (Å²) in [6.07, 6.45) is 1.84. The summed E-state index contributed by atoms with van der Waals surface area (Å²) in [5.74, 6) is 0.961. The van der Waals surface area contributed by atoms with Crippen molar-refractivity contribution in [2.45, 2.75) is 12.3 Å². The Morgan fingerprint density at radius 2 is 2.25 bits per heavy atom. The van der Waals surface area contributed by atoms with Crippen molar-refractivity contribution in [3.8, 4) is 0 Å². The molecule has 1 aliphatic heterocycles. The molecule has 0 saturated heterocycles. The molecule has 0 saturated carbocycles. The van der Waals surface area contributed by atoms with Crippen molar-refractivity contribution < 1.29 is 9.47 Å². The standard InChI is InChI=1S/C7H13NO2S2/c1-9-6(10-2)5-4-12-7(8-5)11-3/h5-6H,4H2,1-3H3/t5-/m0/s1. The lowest BCUT2D eigenvalue weighted by Gasteiger charge is -2.16. The van der Waals surface area contributed by atoms with Crippen molar-refractivity contribution in [1.29, 1.82) is 0 Å². The van der Waals surface area contributed by atoms with E-state index >= 15 is 0 Å². The molecule has 0 radical (unpaired) electrons. The highest BCUT2D eigenvalue weighted by Gasteiger charge is 2.26. The van der Waals surface area contributed by atoms with Crippen LogP contribution in [0.3, 0.4) is 0 Å². The van der Waals surface area contributed by atoms with Gasteiger partial charge in [-0.3, -0.25) is 4.99 Å². The summed E-state index contributed by atoms with van der Waals surface area (Å²) < 4.78 is 11.4. The third-order valence-electron chi connectivity index (χ3n) is 1.60. The van der Waals surface area contributed by atoms with Gasteiger partial charge in [0.2, 0.25) is 0 Å². The maximum atomic E-state index is 5.12. The van der Waals surface area contributed by atoms with Crippen LogP contribution < -0.4 is 0 Å². The molecule has 0 N–H and O–H groups in total. The number of nitrogens with zero attached hydrogens (tertiary/aromatic N) is 1. The molecule has 0 aliphatic carbocycles. The minimum atomic E-state index is -0.192. The van der Waals surface area contributed by atoms with E-state index in [9.17, 15) is 0 Å². The Hall–Kier alpha value is 0.290. The molecule has 3 nitrogen and oxygen atoms in total. The molecule has 0 aromatic carbocycles. The van der Waals surface area contributed by atoms with Crippen molar-refractivity contribution in [2.75, 3.05) is 26.2 Å². The van der Waals surface area contributed by atoms with Crippen LogP contribution in [0, 0.1) is 0 Å². The average Bonchev–Trinajstić information content (AvgIpc) is 2.55. The second kappa shape index (κ2) is 5.11. The molecule has 0 spiro atoms. The van der Waals surface area contributed by atoms with Crippen molar-refractivity contribution >= 4 is 27.9 Å². The third kappa shape index (κ3) is 2.39. The molecular formula is C7H13NO2S2. The lowest BCUT2D eigenvalue weighted by molar-refractivity contribution is -0.111. The lowest BCUT2D eigenvalue weighted by Crippen LogP contribution is -2.28. The summed E-state index contributed by atoms with van der Waals surface area (Å²) in [4.78, 5) is 4.44. The Kier molecular flexibility index (Phi) is 4.42. The minimum absolute atomic E-state index is 0.160. The Balaban J connectivity index is 2.48. The first-order valence-electron chi connectivity index (χ1n) is 3.62. The number of methoxy groups -OCH3 is 2. The van der Waals surface area contributed by atoms with E-state index in [2.05, 4.69) is 4.99 Å². The number of hydrogen-bond acceptors (Lipinski definition) is 5. The fraction of sp³-hybridized carbons (Fsp3) is 0.857. The van der Waals surface area contributed by atoms with Crippen molar-refractivity contribution in [3.63, 3.8) is 0 Å². The van der Waals surface area contributed by atoms with Crippen LogP contribution in [-0.2, 0) is 9.47 Å². The monoisotopic (exact) mass is 207 g/mol. The lowest BCUT2D eigenvalue weighted by atomic mass is 10.3. The van der Waals surface area contributed by atoms with Crippen LogP contribution in [0.1, 0.15) is 0 Å². The zero-order valence-corrected chi connectivity index (χ0v) is 9.08. The number of ether oxygens (including phenoxy) is 2. The zero-order chi connectivity index (χ0) is 8.97. The summed E-state index contributed by atoms with van der Waals surface area (Å²) in [5, 5.41) is 0. The van der Waals surface area contributed by atoms with Gasteiger partial charge in [-0.25, -0.2) is 0 Å². The summed E-state index contributed by atoms with van der Waals surface area (Å²) in [5.41, 5.74) is 0. The third-order valence-corrected chi connectivity index (χ3v) is 3.77. The van der Waals surface area contributed by atoms with Crippen molar-refractivity contribution in [2.24, 2.45) is 4.99 Å². The van der Waals surface area contributed by atoms with E-state index < -0.39 is 0 Å². The highest BCUT2D eigenvalue weighted by Crippen LogP contribution is 2.26. The molecule has 1 atom stereocenters. The van der Waals surface area contributed by atoms with Crippen LogP contribution in [-0.4, -0.2) is 42.9 Å². The van der Waals surface area contributed by atoms with Gasteiger partial charge in [-0.2, -0.15) is 0 Å². The van der Waals surface area contributed by atoms with Crippen LogP contribution >= 0.6 is 23.5 Å². The fourth-order valence-corrected chi connectivity index (χ4v) is 2.70. The molecule has 0 amide bonds. The normalized spacial score (nSPS) is 23.3. The Morgan fingerprint density at radius 3 is 2.67 bits per heavy atom. The number of hydrogen-bond donors (Lipinski definition) is 0. The van der Waals surface area contributed by atoms with Crippen LogP contribution in [0.2, 0.25) is 0 Å². The van der Waals surface area contributed by atoms with Gasteiger partial charge >= 0.3 is 0 Å². The predicted octanol–water partition coefficient (Wildman–Crippen LogP) is 1.44. The Labute approximate surface area is 81.3 Å². The molecule has 1 aliphatic rings. The van der Waals surface area contributed by atoms with Crippen LogP contribution in [0.15, 0.2) is 4.99 Å². The van der Waals surface area contributed by atoms with Gasteiger partial charge in [0.05, 0.1) is 0 Å². The van der Waals surface area contributed by atoms with E-state index in [4.69, 9.17) is 9.47 Å². The van der Waals surface area contributed by atoms with Gasteiger partial charge in [0.1, 0.15) is 10.4 Å². The van der Waals surface area contributed by atoms with E-state index in [1.807, 2.05) is 6.26 Å². The second-order valence-corrected chi connectivity index (χ2v) is 4.38. The largest absolute Gasteiger partial charge is 0.354 e. The smallest absolute Gasteiger partial charge is 0.179 e. The maximum absolute atomic E-state index is 5.12. The molecule has 5 heteroatoms. The molecule has 70 valence electrons. The highest BCUT2D eigenvalue weighted by molar-refractivity contribution is 8.38. The molecule has 0 bridgehead atoms. The van der Waals surface area contributed by atoms with Crippen LogP contribution in [0.25, 0.3) is 0 Å². The quantitative estimate of drug-likeness (QED) is 0.655. The van der Waals surface area contributed by atoms with Crippen LogP contribution in [0.5, 0.6) is 0 Å². The average molecular weight is 207 g/mol. The number of thioether (sulfide) groups is 2. The predicted molar refractivity (Wildman–Crippen MR) is 55.0 cm³/mol. The Bertz CT molecular complexity index is 171. The zero-order valence-electron chi connectivity index (χ0n) is 7.44. The van der Waals surface area contributed by atoms with Crippen molar-refractivity contribution in [1.82, 2.24) is 0 Å². The van der Waals surface area contributed by atoms with E-state index in [1.54, 1.807) is 37.7 Å². The molecule has 1 heterocycles. The molecule has 0 aromatic heterocycles. The van der Waals surface area contributed by atoms with Gasteiger partial charge in [0, 0.05) is 20.0 Å². The van der Waals surface area contributed by atoms with Gasteiger partial charge < -0.3 is 9.47 Å². The van der Waals surface area contributed by atoms with Gasteiger partial charge in [-0.15, -0.1) is 11.8 Å². The SMILES string of the molecule is COC(OC)[C@@H]1CSC(SC)=N1. The number of rotatable bonds is 3. The minimum Gasteiger partial charge on any atom is -0.354 e. The second-order valence-electron chi connectivity index (χ2n) is 2.32. The van der Waals surface area contributed by atoms with Gasteiger partial charge in [0.15, 0.2) is 6.29 Å². The first kappa shape index (κ1) is 10.4. The van der Waals surface area contributed by atoms with Gasteiger partial charge in [-0.1, -0.05) is 11.8 Å². The molecule has 1 rings (SSSR count). The van der Waals surface area contributed by atoms with Crippen molar-refractivity contribution in [3.05, 3.63) is 0 Å². The fourth-order valence-electron chi connectivity index (χ4n) is 1.03. The van der Waals surface area contributed by atoms with E-state index in [0.717, 1.165) is 10.1 Å². The topological polar surface area (TPSA) is 30.8 Å². The summed E-state index contributed by atoms with van der Waals surface area (Å²) >= 11 is 3.44. The van der Waals surface area contributed by atoms with E-state index in [1.165, 1.54) is 0 Å². The summed E-state index contributed by atoms with van der Waals surface area (Å²) in [6.45, 7) is 0. The molecule has 0 unspecified atom stereocenters. The maximum Gasteiger partial charge on any atom is 0.179 e. The van der Waals surface area contributed by atoms with Gasteiger partial charge in [-0.05, 0) is 6.26 Å². The summed E-state index contributed by atoms with van der Waals surface area (Å²) in [6, 6.07) is 0.160. The van der Waals surface area contributed by atoms with E-state index in [0.29, 0.717) is 0 Å². The van der Waals surface area contributed by atoms with Gasteiger partial charge in [0.25, 0.3) is 0 Å². The highest BCUT2D eigenvalue weighted by atomic mass is 32.2. The first-order chi connectivity index (χ1) is 5.81. The Morgan fingerprint density at radius 1 is 1.58 bits per heavy atom. The molecule has 0 aromatic rings. The molecule has 12 heavy (non-hydrogen) atoms. The first-order valence-corrected chi connectivity index (χ1v) is 5.83. The van der Waals surface area contributed by atoms with E-state index in [-0.39, 0.29) is 12.3 Å². The number of aliphatic imine (C=N–C) groups is 1. The molecule has 0 fully saturated rings. The summed E-state index contributed by atoms with van der Waals surface area (Å²) in [7, 11) is 3.29. The molecular weight excluding hydrogens is 194 g/mol. The van der Waals surface area contributed by atoms with Crippen LogP contribution in [0.4, 0.5) is 0 Å².